The molecule has 1 N–H and O–H groups in total. The van der Waals surface area contributed by atoms with Gasteiger partial charge < -0.3 is 41.2 Å². The molecule has 166 valence electrons. The molecule has 0 saturated carbocycles. The Morgan fingerprint density at radius 1 is 0.968 bits per heavy atom. The summed E-state index contributed by atoms with van der Waals surface area (Å²) in [7, 11) is 3.01. The van der Waals surface area contributed by atoms with Crippen molar-refractivity contribution in [2.75, 3.05) is 20.8 Å². The fourth-order valence-electron chi connectivity index (χ4n) is 3.41. The Bertz CT molecular complexity index is 735. The summed E-state index contributed by atoms with van der Waals surface area (Å²) in [5.74, 6) is -1.89. The van der Waals surface area contributed by atoms with Crippen molar-refractivity contribution < 1.29 is 68.9 Å². The van der Waals surface area contributed by atoms with Crippen LogP contribution in [0.2, 0.25) is 0 Å². The van der Waals surface area contributed by atoms with Gasteiger partial charge in [-0.3, -0.25) is 0 Å². The standard InChI is InChI=1S/C23H29O6.ClH.Hg/c1-17-20(24)21(28-15-19-12-8-5-9-13-19)22(25-2)29-23(17,26-3)16-27-14-18-10-6-4-7-11-18;;/h4-13,17,20-22,24H,1,14-16H2,2-3H3;1H;/q;;+1/p-1/t17-,20+,21-,22-,23-;;/m1../s1. The molecule has 1 saturated heterocycles. The largest absolute Gasteiger partial charge is 1.00 e. The summed E-state index contributed by atoms with van der Waals surface area (Å²) in [6.45, 7) is 4.89. The second kappa shape index (κ2) is 13.9. The molecule has 1 fully saturated rings. The maximum Gasteiger partial charge on any atom is 1.00 e. The Labute approximate surface area is 211 Å². The first-order valence-corrected chi connectivity index (χ1v) is 9.64. The first kappa shape index (κ1) is 28.5. The van der Waals surface area contributed by atoms with Gasteiger partial charge in [-0.05, 0) is 18.1 Å². The molecular weight excluding hydrogens is 608 g/mol. The molecule has 0 aliphatic carbocycles. The van der Waals surface area contributed by atoms with Gasteiger partial charge in [-0.25, -0.2) is 0 Å². The molecule has 1 aliphatic rings. The van der Waals surface area contributed by atoms with Crippen LogP contribution in [0.15, 0.2) is 60.7 Å². The van der Waals surface area contributed by atoms with Crippen LogP contribution in [-0.4, -0.2) is 50.2 Å². The van der Waals surface area contributed by atoms with Crippen LogP contribution in [0.5, 0.6) is 0 Å². The Kier molecular flexibility index (Phi) is 12.7. The maximum absolute atomic E-state index is 10.9. The molecule has 0 unspecified atom stereocenters. The van der Waals surface area contributed by atoms with Crippen LogP contribution < -0.4 is 12.4 Å². The monoisotopic (exact) mass is 638 g/mol. The second-order valence-electron chi connectivity index (χ2n) is 7.07. The van der Waals surface area contributed by atoms with Crippen molar-refractivity contribution in [1.29, 1.82) is 0 Å². The summed E-state index contributed by atoms with van der Waals surface area (Å²) >= 11 is 0. The van der Waals surface area contributed by atoms with E-state index in [1.165, 1.54) is 14.2 Å². The van der Waals surface area contributed by atoms with Crippen molar-refractivity contribution in [2.45, 2.75) is 37.5 Å². The Morgan fingerprint density at radius 3 is 2.03 bits per heavy atom. The van der Waals surface area contributed by atoms with E-state index in [0.717, 1.165) is 11.1 Å². The van der Waals surface area contributed by atoms with Crippen LogP contribution in [0.3, 0.4) is 0 Å². The SMILES string of the molecule is [CH2][C@@H]1[C@H](O)[C@@H](OCc2ccccc2)[C@H](OC)O[C@@]1(COCc1ccccc1)OC.[Cl-].[Hg+]. The number of aliphatic hydroxyl groups excluding tert-OH is 1. The Balaban J connectivity index is 0.00000240. The summed E-state index contributed by atoms with van der Waals surface area (Å²) in [5.41, 5.74) is 2.02. The summed E-state index contributed by atoms with van der Waals surface area (Å²) in [6, 6.07) is 19.5. The zero-order valence-electron chi connectivity index (χ0n) is 18.0. The van der Waals surface area contributed by atoms with Crippen molar-refractivity contribution in [3.8, 4) is 0 Å². The van der Waals surface area contributed by atoms with Gasteiger partial charge in [-0.15, -0.1) is 0 Å². The number of methoxy groups -OCH3 is 2. The molecule has 0 amide bonds. The predicted octanol–water partition coefficient (Wildman–Crippen LogP) is -0.0533. The molecule has 6 nitrogen and oxygen atoms in total. The van der Waals surface area contributed by atoms with Crippen LogP contribution >= 0.6 is 0 Å². The van der Waals surface area contributed by atoms with Gasteiger partial charge in [0.05, 0.1) is 19.3 Å². The molecule has 8 heteroatoms. The van der Waals surface area contributed by atoms with Crippen molar-refractivity contribution in [3.63, 3.8) is 0 Å². The van der Waals surface area contributed by atoms with Gasteiger partial charge in [0.15, 0.2) is 12.1 Å². The van der Waals surface area contributed by atoms with Gasteiger partial charge in [0.1, 0.15) is 12.7 Å². The molecule has 0 aromatic heterocycles. The van der Waals surface area contributed by atoms with E-state index >= 15 is 0 Å². The summed E-state index contributed by atoms with van der Waals surface area (Å²) in [6.07, 6.45) is -2.50. The van der Waals surface area contributed by atoms with Crippen molar-refractivity contribution in [2.24, 2.45) is 5.92 Å². The fraction of sp³-hybridized carbons (Fsp3) is 0.435. The molecule has 1 heterocycles. The number of rotatable bonds is 9. The molecule has 0 bridgehead atoms. The number of halogens is 1. The summed E-state index contributed by atoms with van der Waals surface area (Å²) in [5, 5.41) is 10.9. The van der Waals surface area contributed by atoms with E-state index in [0.29, 0.717) is 13.2 Å². The quantitative estimate of drug-likeness (QED) is 0.390. The molecule has 2 aromatic rings. The summed E-state index contributed by atoms with van der Waals surface area (Å²) < 4.78 is 28.9. The van der Waals surface area contributed by atoms with Gasteiger partial charge >= 0.3 is 27.7 Å². The smallest absolute Gasteiger partial charge is 1.00 e. The van der Waals surface area contributed by atoms with Crippen LogP contribution in [0.25, 0.3) is 0 Å². The minimum absolute atomic E-state index is 0. The van der Waals surface area contributed by atoms with Gasteiger partial charge in [-0.1, -0.05) is 60.7 Å². The van der Waals surface area contributed by atoms with E-state index in [9.17, 15) is 5.11 Å². The van der Waals surface area contributed by atoms with Gasteiger partial charge in [0.25, 0.3) is 0 Å². The van der Waals surface area contributed by atoms with E-state index in [1.54, 1.807) is 0 Å². The number of hydrogen-bond donors (Lipinski definition) is 1. The zero-order valence-corrected chi connectivity index (χ0v) is 24.2. The number of hydrogen-bond acceptors (Lipinski definition) is 6. The predicted molar refractivity (Wildman–Crippen MR) is 108 cm³/mol. The Hall–Kier alpha value is -0.575. The normalized spacial score (nSPS) is 27.7. The number of ether oxygens (including phenoxy) is 5. The van der Waals surface area contributed by atoms with Crippen LogP contribution in [0.4, 0.5) is 0 Å². The molecule has 0 spiro atoms. The van der Waals surface area contributed by atoms with Crippen LogP contribution in [-0.2, 0) is 64.6 Å². The third kappa shape index (κ3) is 7.20. The third-order valence-electron chi connectivity index (χ3n) is 5.18. The van der Waals surface area contributed by atoms with Crippen LogP contribution in [0, 0.1) is 12.8 Å². The number of benzene rings is 2. The van der Waals surface area contributed by atoms with Gasteiger partial charge in [0.2, 0.25) is 0 Å². The average Bonchev–Trinajstić information content (AvgIpc) is 2.77. The molecule has 3 rings (SSSR count). The second-order valence-corrected chi connectivity index (χ2v) is 7.07. The zero-order chi connectivity index (χ0) is 20.7. The first-order chi connectivity index (χ1) is 14.1. The molecule has 2 aromatic carbocycles. The minimum atomic E-state index is -1.25. The maximum atomic E-state index is 10.9. The van der Waals surface area contributed by atoms with E-state index in [4.69, 9.17) is 23.7 Å². The molecular formula is C23H29ClHgO6. The average molecular weight is 638 g/mol. The first-order valence-electron chi connectivity index (χ1n) is 9.64. The molecule has 5 atom stereocenters. The number of aliphatic hydroxyl groups is 1. The fourth-order valence-corrected chi connectivity index (χ4v) is 3.41. The molecule has 1 aliphatic heterocycles. The van der Waals surface area contributed by atoms with E-state index in [1.807, 2.05) is 60.7 Å². The third-order valence-corrected chi connectivity index (χ3v) is 5.18. The van der Waals surface area contributed by atoms with E-state index in [-0.39, 0.29) is 46.7 Å². The van der Waals surface area contributed by atoms with Crippen molar-refractivity contribution >= 4 is 0 Å². The van der Waals surface area contributed by atoms with Crippen molar-refractivity contribution in [3.05, 3.63) is 78.7 Å². The van der Waals surface area contributed by atoms with E-state index < -0.39 is 30.2 Å². The van der Waals surface area contributed by atoms with Crippen LogP contribution in [0.1, 0.15) is 11.1 Å². The minimum Gasteiger partial charge on any atom is -1.00 e. The summed E-state index contributed by atoms with van der Waals surface area (Å²) in [4.78, 5) is 0. The van der Waals surface area contributed by atoms with E-state index in [2.05, 4.69) is 6.92 Å². The van der Waals surface area contributed by atoms with Gasteiger partial charge in [0, 0.05) is 20.1 Å². The molecule has 2 radical (unpaired) electrons. The van der Waals surface area contributed by atoms with Crippen molar-refractivity contribution in [1.82, 2.24) is 0 Å². The molecule has 31 heavy (non-hydrogen) atoms. The topological polar surface area (TPSA) is 66.4 Å². The Morgan fingerprint density at radius 2 is 1.52 bits per heavy atom. The van der Waals surface area contributed by atoms with Gasteiger partial charge in [-0.2, -0.15) is 0 Å².